The van der Waals surface area contributed by atoms with Crippen LogP contribution < -0.4 is 19.1 Å². The van der Waals surface area contributed by atoms with Crippen molar-refractivity contribution in [3.63, 3.8) is 0 Å². The Morgan fingerprint density at radius 3 is 2.28 bits per heavy atom. The molecule has 1 N–H and O–H groups in total. The second kappa shape index (κ2) is 9.30. The number of ether oxygens (including phenoxy) is 2. The Hall–Kier alpha value is -3.25. The van der Waals surface area contributed by atoms with Crippen LogP contribution in [0.4, 0.5) is 11.4 Å². The monoisotopic (exact) mass is 417 g/mol. The van der Waals surface area contributed by atoms with Gasteiger partial charge in [-0.2, -0.15) is 5.26 Å². The van der Waals surface area contributed by atoms with Crippen LogP contribution in [-0.2, 0) is 21.2 Å². The van der Waals surface area contributed by atoms with Gasteiger partial charge in [-0.1, -0.05) is 12.1 Å². The highest BCUT2D eigenvalue weighted by molar-refractivity contribution is 7.92. The van der Waals surface area contributed by atoms with Gasteiger partial charge in [0.1, 0.15) is 6.04 Å². The van der Waals surface area contributed by atoms with Crippen molar-refractivity contribution in [2.75, 3.05) is 30.1 Å². The maximum absolute atomic E-state index is 12.7. The Bertz CT molecular complexity index is 1010. The fourth-order valence-corrected chi connectivity index (χ4v) is 3.98. The third-order valence-electron chi connectivity index (χ3n) is 4.21. The number of methoxy groups -OCH3 is 2. The van der Waals surface area contributed by atoms with E-state index >= 15 is 0 Å². The largest absolute Gasteiger partial charge is 0.493 e. The quantitative estimate of drug-likeness (QED) is 0.707. The average Bonchev–Trinajstić information content (AvgIpc) is 2.68. The van der Waals surface area contributed by atoms with Crippen LogP contribution in [0.25, 0.3) is 0 Å². The Kier molecular flexibility index (Phi) is 7.07. The molecule has 0 radical (unpaired) electrons. The smallest absolute Gasteiger partial charge is 0.247 e. The van der Waals surface area contributed by atoms with Gasteiger partial charge in [0.15, 0.2) is 11.5 Å². The first-order chi connectivity index (χ1) is 13.7. The van der Waals surface area contributed by atoms with Gasteiger partial charge >= 0.3 is 0 Å². The zero-order valence-electron chi connectivity index (χ0n) is 16.7. The number of hydrogen-bond donors (Lipinski definition) is 1. The van der Waals surface area contributed by atoms with Crippen LogP contribution in [0.2, 0.25) is 0 Å². The number of anilines is 2. The molecule has 29 heavy (non-hydrogen) atoms. The second-order valence-electron chi connectivity index (χ2n) is 6.30. The highest BCUT2D eigenvalue weighted by Crippen LogP contribution is 2.33. The normalized spacial score (nSPS) is 11.8. The molecule has 2 aromatic carbocycles. The predicted molar refractivity (Wildman–Crippen MR) is 111 cm³/mol. The van der Waals surface area contributed by atoms with Gasteiger partial charge < -0.3 is 14.8 Å². The molecule has 2 aromatic rings. The van der Waals surface area contributed by atoms with Crippen LogP contribution in [0.15, 0.2) is 42.5 Å². The number of nitrogens with zero attached hydrogens (tertiary/aromatic N) is 2. The van der Waals surface area contributed by atoms with Crippen LogP contribution in [0.5, 0.6) is 11.5 Å². The van der Waals surface area contributed by atoms with E-state index in [0.717, 1.165) is 16.1 Å². The fourth-order valence-electron chi connectivity index (χ4n) is 2.81. The molecular weight excluding hydrogens is 394 g/mol. The maximum Gasteiger partial charge on any atom is 0.247 e. The molecule has 0 bridgehead atoms. The Morgan fingerprint density at radius 1 is 1.14 bits per heavy atom. The van der Waals surface area contributed by atoms with Gasteiger partial charge in [0.2, 0.25) is 15.9 Å². The Balaban J connectivity index is 2.30. The molecule has 154 valence electrons. The number of rotatable bonds is 8. The number of nitrogens with one attached hydrogen (secondary N) is 1. The van der Waals surface area contributed by atoms with E-state index in [1.807, 2.05) is 6.07 Å². The Labute approximate surface area is 170 Å². The summed E-state index contributed by atoms with van der Waals surface area (Å²) in [6.07, 6.45) is 1.30. The van der Waals surface area contributed by atoms with Crippen LogP contribution in [0.1, 0.15) is 12.5 Å². The summed E-state index contributed by atoms with van der Waals surface area (Å²) in [6, 6.07) is 12.4. The predicted octanol–water partition coefficient (Wildman–Crippen LogP) is 2.56. The van der Waals surface area contributed by atoms with E-state index in [0.29, 0.717) is 17.2 Å². The lowest BCUT2D eigenvalue weighted by Gasteiger charge is -2.28. The molecule has 2 rings (SSSR count). The highest BCUT2D eigenvalue weighted by Gasteiger charge is 2.30. The first-order valence-corrected chi connectivity index (χ1v) is 10.5. The lowest BCUT2D eigenvalue weighted by atomic mass is 10.1. The molecule has 0 aromatic heterocycles. The minimum absolute atomic E-state index is 0.270. The molecule has 0 aliphatic carbocycles. The minimum Gasteiger partial charge on any atom is -0.493 e. The van der Waals surface area contributed by atoms with Crippen LogP contribution in [0.3, 0.4) is 0 Å². The van der Waals surface area contributed by atoms with Crippen LogP contribution >= 0.6 is 0 Å². The molecule has 9 heteroatoms. The zero-order valence-corrected chi connectivity index (χ0v) is 17.5. The van der Waals surface area contributed by atoms with Crippen molar-refractivity contribution in [2.45, 2.75) is 19.4 Å². The van der Waals surface area contributed by atoms with Gasteiger partial charge in [0, 0.05) is 11.8 Å². The lowest BCUT2D eigenvalue weighted by molar-refractivity contribution is -0.116. The van der Waals surface area contributed by atoms with E-state index in [2.05, 4.69) is 5.32 Å². The molecule has 0 aliphatic heterocycles. The summed E-state index contributed by atoms with van der Waals surface area (Å²) in [5.74, 6) is 0.289. The topological polar surface area (TPSA) is 109 Å². The van der Waals surface area contributed by atoms with E-state index in [1.54, 1.807) is 36.4 Å². The van der Waals surface area contributed by atoms with Gasteiger partial charge in [-0.05, 0) is 36.8 Å². The summed E-state index contributed by atoms with van der Waals surface area (Å²) in [5.41, 5.74) is 1.60. The standard InChI is InChI=1S/C20H23N3O5S/c1-14(20(24)22-16-7-5-15(6-8-16)11-12-21)23(29(4,25)26)17-9-10-18(27-2)19(13-17)28-3/h5-10,13-14H,11H2,1-4H3,(H,22,24)/t14-/m1/s1. The number of carbonyl (C=O) groups excluding carboxylic acids is 1. The summed E-state index contributed by atoms with van der Waals surface area (Å²) in [5, 5.41) is 11.4. The van der Waals surface area contributed by atoms with Crippen LogP contribution in [0, 0.1) is 11.3 Å². The summed E-state index contributed by atoms with van der Waals surface area (Å²) in [6.45, 7) is 1.50. The van der Waals surface area contributed by atoms with E-state index < -0.39 is 22.0 Å². The minimum atomic E-state index is -3.77. The third-order valence-corrected chi connectivity index (χ3v) is 5.46. The summed E-state index contributed by atoms with van der Waals surface area (Å²) in [4.78, 5) is 12.7. The van der Waals surface area contributed by atoms with Crippen molar-refractivity contribution in [1.82, 2.24) is 0 Å². The third kappa shape index (κ3) is 5.39. The fraction of sp³-hybridized carbons (Fsp3) is 0.300. The second-order valence-corrected chi connectivity index (χ2v) is 8.15. The number of benzene rings is 2. The van der Waals surface area contributed by atoms with Crippen molar-refractivity contribution < 1.29 is 22.7 Å². The summed E-state index contributed by atoms with van der Waals surface area (Å²) in [7, 11) is -0.854. The first-order valence-electron chi connectivity index (χ1n) is 8.69. The molecule has 1 atom stereocenters. The number of hydrogen-bond acceptors (Lipinski definition) is 6. The SMILES string of the molecule is COc1ccc(N([C@H](C)C(=O)Nc2ccc(CC#N)cc2)S(C)(=O)=O)cc1OC. The van der Waals surface area contributed by atoms with Crippen molar-refractivity contribution in [1.29, 1.82) is 5.26 Å². The molecule has 0 heterocycles. The maximum atomic E-state index is 12.7. The van der Waals surface area contributed by atoms with Crippen LogP contribution in [-0.4, -0.2) is 40.8 Å². The van der Waals surface area contributed by atoms with Crippen molar-refractivity contribution in [3.8, 4) is 17.6 Å². The number of sulfonamides is 1. The number of amides is 1. The molecular formula is C20H23N3O5S. The molecule has 0 saturated carbocycles. The molecule has 0 spiro atoms. The van der Waals surface area contributed by atoms with E-state index in [4.69, 9.17) is 14.7 Å². The van der Waals surface area contributed by atoms with Gasteiger partial charge in [0.25, 0.3) is 0 Å². The molecule has 0 unspecified atom stereocenters. The Morgan fingerprint density at radius 2 is 1.76 bits per heavy atom. The summed E-state index contributed by atoms with van der Waals surface area (Å²) >= 11 is 0. The zero-order chi connectivity index (χ0) is 21.6. The molecule has 1 amide bonds. The first kappa shape index (κ1) is 22.0. The molecule has 0 saturated heterocycles. The molecule has 8 nitrogen and oxygen atoms in total. The number of nitriles is 1. The number of carbonyl (C=O) groups is 1. The van der Waals surface area contributed by atoms with Gasteiger partial charge in [-0.25, -0.2) is 8.42 Å². The van der Waals surface area contributed by atoms with Crippen molar-refractivity contribution in [2.24, 2.45) is 0 Å². The summed E-state index contributed by atoms with van der Waals surface area (Å²) < 4.78 is 36.3. The highest BCUT2D eigenvalue weighted by atomic mass is 32.2. The lowest BCUT2D eigenvalue weighted by Crippen LogP contribution is -2.45. The van der Waals surface area contributed by atoms with Gasteiger partial charge in [-0.3, -0.25) is 9.10 Å². The van der Waals surface area contributed by atoms with Gasteiger partial charge in [0.05, 0.1) is 38.7 Å². The molecule has 0 aliphatic rings. The van der Waals surface area contributed by atoms with Crippen molar-refractivity contribution >= 4 is 27.3 Å². The van der Waals surface area contributed by atoms with Gasteiger partial charge in [-0.15, -0.1) is 0 Å². The van der Waals surface area contributed by atoms with E-state index in [-0.39, 0.29) is 12.1 Å². The van der Waals surface area contributed by atoms with Crippen molar-refractivity contribution in [3.05, 3.63) is 48.0 Å². The molecule has 0 fully saturated rings. The van der Waals surface area contributed by atoms with E-state index in [1.165, 1.54) is 27.2 Å². The average molecular weight is 417 g/mol. The van der Waals surface area contributed by atoms with E-state index in [9.17, 15) is 13.2 Å².